The number of nitriles is 1. The number of benzene rings is 1. The summed E-state index contributed by atoms with van der Waals surface area (Å²) < 4.78 is 95.3. The fourth-order valence-electron chi connectivity index (χ4n) is 3.54. The molecule has 0 amide bonds. The molecule has 0 bridgehead atoms. The molecule has 0 radical (unpaired) electrons. The zero-order valence-corrected chi connectivity index (χ0v) is 23.9. The molecule has 0 N–H and O–H groups in total. The molecule has 1 aromatic carbocycles. The number of pyridine rings is 1. The van der Waals surface area contributed by atoms with E-state index in [4.69, 9.17) is 14.2 Å². The summed E-state index contributed by atoms with van der Waals surface area (Å²) in [6, 6.07) is 7.47. The minimum absolute atomic E-state index is 0.0467. The Labute approximate surface area is 252 Å². The molecule has 0 aliphatic heterocycles. The average Bonchev–Trinajstić information content (AvgIpc) is 3.42. The molecule has 0 fully saturated rings. The Morgan fingerprint density at radius 1 is 1.04 bits per heavy atom. The van der Waals surface area contributed by atoms with Crippen LogP contribution in [0.2, 0.25) is 0 Å². The molecule has 0 aliphatic rings. The number of esters is 1. The maximum atomic E-state index is 13.8. The van der Waals surface area contributed by atoms with Crippen LogP contribution < -0.4 is 0 Å². The van der Waals surface area contributed by atoms with Gasteiger partial charge in [0, 0.05) is 5.56 Å². The molecule has 1 atom stereocenters. The molecule has 0 saturated heterocycles. The van der Waals surface area contributed by atoms with Crippen LogP contribution in [-0.4, -0.2) is 45.3 Å². The van der Waals surface area contributed by atoms with Gasteiger partial charge in [-0.15, -0.1) is 15.0 Å². The van der Waals surface area contributed by atoms with E-state index >= 15 is 0 Å². The number of halogens is 6. The van der Waals surface area contributed by atoms with Crippen molar-refractivity contribution in [2.75, 3.05) is 13.2 Å². The fraction of sp³-hybridized carbons (Fsp3) is 0.310. The Balaban J connectivity index is 1.87. The second-order valence-electron chi connectivity index (χ2n) is 9.98. The number of nitrogens with zero attached hydrogens (tertiary/aromatic N) is 5. The SMILES string of the molecule is C=CCOC(=O)C(C)(C)COC(=O)OC(C)n1nc(C#N)c(-c2cc(C=Cc3cccc(C(F)(F)F)n3)cc(C(F)(F)F)c2)n1. The minimum Gasteiger partial charge on any atom is -0.461 e. The predicted molar refractivity (Wildman–Crippen MR) is 145 cm³/mol. The molecule has 0 saturated carbocycles. The fourth-order valence-corrected chi connectivity index (χ4v) is 3.54. The zero-order chi connectivity index (χ0) is 33.6. The van der Waals surface area contributed by atoms with E-state index in [2.05, 4.69) is 21.8 Å². The quantitative estimate of drug-likeness (QED) is 0.133. The molecular weight excluding hydrogens is 612 g/mol. The van der Waals surface area contributed by atoms with Gasteiger partial charge in [0.05, 0.1) is 16.7 Å². The average molecular weight is 638 g/mol. The summed E-state index contributed by atoms with van der Waals surface area (Å²) in [5.41, 5.74) is -4.75. The molecule has 0 spiro atoms. The van der Waals surface area contributed by atoms with Crippen LogP contribution in [0.3, 0.4) is 0 Å². The van der Waals surface area contributed by atoms with Gasteiger partial charge >= 0.3 is 24.5 Å². The van der Waals surface area contributed by atoms with Gasteiger partial charge in [0.25, 0.3) is 0 Å². The lowest BCUT2D eigenvalue weighted by atomic mass is 9.95. The minimum atomic E-state index is -4.85. The molecule has 16 heteroatoms. The lowest BCUT2D eigenvalue weighted by Crippen LogP contribution is -2.33. The Hall–Kier alpha value is -5.20. The van der Waals surface area contributed by atoms with Gasteiger partial charge < -0.3 is 14.2 Å². The summed E-state index contributed by atoms with van der Waals surface area (Å²) in [5, 5.41) is 17.5. The first kappa shape index (κ1) is 34.3. The lowest BCUT2D eigenvalue weighted by molar-refractivity contribution is -0.155. The van der Waals surface area contributed by atoms with E-state index in [0.29, 0.717) is 6.07 Å². The molecule has 0 aliphatic carbocycles. The second kappa shape index (κ2) is 13.6. The summed E-state index contributed by atoms with van der Waals surface area (Å²) in [6.07, 6.45) is -8.54. The summed E-state index contributed by atoms with van der Waals surface area (Å²) in [4.78, 5) is 28.6. The predicted octanol–water partition coefficient (Wildman–Crippen LogP) is 6.85. The Kier molecular flexibility index (Phi) is 10.4. The van der Waals surface area contributed by atoms with Crippen molar-refractivity contribution in [1.29, 1.82) is 5.26 Å². The van der Waals surface area contributed by atoms with Crippen molar-refractivity contribution in [3.63, 3.8) is 0 Å². The van der Waals surface area contributed by atoms with Crippen molar-refractivity contribution in [3.05, 3.63) is 77.3 Å². The van der Waals surface area contributed by atoms with Gasteiger partial charge in [0.15, 0.2) is 5.69 Å². The third-order valence-corrected chi connectivity index (χ3v) is 5.83. The van der Waals surface area contributed by atoms with Crippen LogP contribution >= 0.6 is 0 Å². The van der Waals surface area contributed by atoms with Crippen LogP contribution in [-0.2, 0) is 31.4 Å². The lowest BCUT2D eigenvalue weighted by Gasteiger charge is -2.22. The number of hydrogen-bond acceptors (Lipinski definition) is 9. The van der Waals surface area contributed by atoms with Gasteiger partial charge in [-0.05, 0) is 62.7 Å². The smallest absolute Gasteiger partial charge is 0.461 e. The molecule has 3 rings (SSSR count). The van der Waals surface area contributed by atoms with Gasteiger partial charge in [-0.1, -0.05) is 24.8 Å². The van der Waals surface area contributed by atoms with E-state index in [1.807, 2.05) is 0 Å². The van der Waals surface area contributed by atoms with Crippen LogP contribution in [0.5, 0.6) is 0 Å². The van der Waals surface area contributed by atoms with Gasteiger partial charge in [0.1, 0.15) is 30.7 Å². The summed E-state index contributed by atoms with van der Waals surface area (Å²) >= 11 is 0. The van der Waals surface area contributed by atoms with E-state index in [0.717, 1.165) is 35.1 Å². The van der Waals surface area contributed by atoms with Gasteiger partial charge in [-0.2, -0.15) is 31.6 Å². The number of rotatable bonds is 10. The Morgan fingerprint density at radius 2 is 1.76 bits per heavy atom. The first-order chi connectivity index (χ1) is 20.9. The van der Waals surface area contributed by atoms with E-state index in [1.54, 1.807) is 6.07 Å². The topological polar surface area (TPSA) is 129 Å². The first-order valence-corrected chi connectivity index (χ1v) is 12.9. The van der Waals surface area contributed by atoms with Crippen LogP contribution in [0.25, 0.3) is 23.4 Å². The standard InChI is InChI=1S/C29H25F6N5O5/c1-5-11-43-25(41)27(3,4)16-44-26(42)45-17(2)40-38-22(15-36)24(39-40)19-12-18(13-20(14-19)28(30,31)32)9-10-21-7-6-8-23(37-21)29(33,34)35/h5-10,12-14,17H,1,11,16H2,2-4H3. The van der Waals surface area contributed by atoms with Gasteiger partial charge in [-0.3, -0.25) is 4.79 Å². The molecule has 10 nitrogen and oxygen atoms in total. The Morgan fingerprint density at radius 3 is 2.38 bits per heavy atom. The second-order valence-corrected chi connectivity index (χ2v) is 9.98. The Bertz CT molecular complexity index is 1640. The number of carbonyl (C=O) groups excluding carboxylic acids is 2. The van der Waals surface area contributed by atoms with Gasteiger partial charge in [-0.25, -0.2) is 9.78 Å². The number of hydrogen-bond donors (Lipinski definition) is 0. The third kappa shape index (κ3) is 9.15. The van der Waals surface area contributed by atoms with E-state index in [-0.39, 0.29) is 29.1 Å². The van der Waals surface area contributed by atoms with E-state index in [9.17, 15) is 41.2 Å². The monoisotopic (exact) mass is 637 g/mol. The zero-order valence-electron chi connectivity index (χ0n) is 23.9. The number of ether oxygens (including phenoxy) is 3. The van der Waals surface area contributed by atoms with Crippen LogP contribution in [0, 0.1) is 16.7 Å². The van der Waals surface area contributed by atoms with Crippen LogP contribution in [0.1, 0.15) is 55.2 Å². The third-order valence-electron chi connectivity index (χ3n) is 5.83. The van der Waals surface area contributed by atoms with Crippen molar-refractivity contribution in [1.82, 2.24) is 20.0 Å². The van der Waals surface area contributed by atoms with E-state index in [1.165, 1.54) is 39.0 Å². The maximum Gasteiger partial charge on any atom is 0.510 e. The summed E-state index contributed by atoms with van der Waals surface area (Å²) in [6.45, 7) is 7.17. The molecule has 238 valence electrons. The molecular formula is C29H25F6N5O5. The molecule has 2 heterocycles. The highest BCUT2D eigenvalue weighted by molar-refractivity contribution is 5.76. The number of carbonyl (C=O) groups is 2. The molecule has 45 heavy (non-hydrogen) atoms. The van der Waals surface area contributed by atoms with Crippen molar-refractivity contribution in [2.24, 2.45) is 5.41 Å². The van der Waals surface area contributed by atoms with Crippen molar-refractivity contribution in [2.45, 2.75) is 39.4 Å². The molecule has 3 aromatic rings. The van der Waals surface area contributed by atoms with Crippen molar-refractivity contribution >= 4 is 24.3 Å². The van der Waals surface area contributed by atoms with Gasteiger partial charge in [0.2, 0.25) is 6.23 Å². The number of aromatic nitrogens is 4. The number of alkyl halides is 6. The van der Waals surface area contributed by atoms with Crippen molar-refractivity contribution in [3.8, 4) is 17.3 Å². The molecule has 1 unspecified atom stereocenters. The summed E-state index contributed by atoms with van der Waals surface area (Å²) in [7, 11) is 0. The summed E-state index contributed by atoms with van der Waals surface area (Å²) in [5.74, 6) is -0.665. The van der Waals surface area contributed by atoms with Crippen LogP contribution in [0.4, 0.5) is 31.1 Å². The maximum absolute atomic E-state index is 13.8. The normalized spacial score (nSPS) is 12.8. The highest BCUT2D eigenvalue weighted by Crippen LogP contribution is 2.34. The van der Waals surface area contributed by atoms with Crippen molar-refractivity contribution < 1.29 is 50.1 Å². The largest absolute Gasteiger partial charge is 0.510 e. The molecule has 2 aromatic heterocycles. The van der Waals surface area contributed by atoms with Crippen LogP contribution in [0.15, 0.2) is 49.1 Å². The van der Waals surface area contributed by atoms with E-state index < -0.39 is 59.7 Å². The highest BCUT2D eigenvalue weighted by atomic mass is 19.4. The first-order valence-electron chi connectivity index (χ1n) is 12.9. The highest BCUT2D eigenvalue weighted by Gasteiger charge is 2.34.